The molecule has 102 valence electrons. The van der Waals surface area contributed by atoms with Gasteiger partial charge < -0.3 is 24.6 Å². The minimum Gasteiger partial charge on any atom is -0.493 e. The quantitative estimate of drug-likeness (QED) is 0.635. The number of hydrogen-bond acceptors (Lipinski definition) is 5. The fourth-order valence-corrected chi connectivity index (χ4v) is 1.43. The van der Waals surface area contributed by atoms with Gasteiger partial charge in [0.25, 0.3) is 0 Å². The Labute approximate surface area is 108 Å². The van der Waals surface area contributed by atoms with Crippen molar-refractivity contribution in [1.82, 2.24) is 5.32 Å². The molecule has 1 atom stereocenters. The lowest BCUT2D eigenvalue weighted by molar-refractivity contribution is 0.102. The Morgan fingerprint density at radius 1 is 1.22 bits per heavy atom. The van der Waals surface area contributed by atoms with Crippen molar-refractivity contribution >= 4 is 0 Å². The normalized spacial score (nSPS) is 12.2. The predicted molar refractivity (Wildman–Crippen MR) is 69.2 cm³/mol. The maximum absolute atomic E-state index is 9.70. The van der Waals surface area contributed by atoms with Crippen LogP contribution in [0.1, 0.15) is 0 Å². The molecule has 0 amide bonds. The van der Waals surface area contributed by atoms with Gasteiger partial charge in [0.15, 0.2) is 11.5 Å². The van der Waals surface area contributed by atoms with Crippen LogP contribution in [0.2, 0.25) is 0 Å². The van der Waals surface area contributed by atoms with Gasteiger partial charge in [-0.25, -0.2) is 0 Å². The van der Waals surface area contributed by atoms with E-state index in [4.69, 9.17) is 14.2 Å². The van der Waals surface area contributed by atoms with Crippen molar-refractivity contribution in [1.29, 1.82) is 0 Å². The topological polar surface area (TPSA) is 60.0 Å². The summed E-state index contributed by atoms with van der Waals surface area (Å²) in [6.07, 6.45) is -0.563. The van der Waals surface area contributed by atoms with Crippen molar-refractivity contribution in [3.05, 3.63) is 24.3 Å². The molecule has 0 aliphatic carbocycles. The van der Waals surface area contributed by atoms with Gasteiger partial charge in [-0.05, 0) is 12.1 Å². The van der Waals surface area contributed by atoms with Crippen molar-refractivity contribution in [2.24, 2.45) is 0 Å². The van der Waals surface area contributed by atoms with E-state index in [0.29, 0.717) is 31.2 Å². The Morgan fingerprint density at radius 3 is 2.61 bits per heavy atom. The molecule has 0 heterocycles. The Hall–Kier alpha value is -1.30. The van der Waals surface area contributed by atoms with E-state index < -0.39 is 6.10 Å². The summed E-state index contributed by atoms with van der Waals surface area (Å²) >= 11 is 0. The van der Waals surface area contributed by atoms with Gasteiger partial charge in [0, 0.05) is 20.2 Å². The molecule has 0 bridgehead atoms. The lowest BCUT2D eigenvalue weighted by Gasteiger charge is -2.14. The molecule has 0 aliphatic heterocycles. The first-order valence-electron chi connectivity index (χ1n) is 5.91. The summed E-state index contributed by atoms with van der Waals surface area (Å²) in [6.45, 7) is 2.03. The molecule has 0 saturated heterocycles. The highest BCUT2D eigenvalue weighted by Crippen LogP contribution is 2.25. The molecule has 1 rings (SSSR count). The van der Waals surface area contributed by atoms with Gasteiger partial charge in [-0.3, -0.25) is 0 Å². The van der Waals surface area contributed by atoms with Gasteiger partial charge in [0.2, 0.25) is 0 Å². The summed E-state index contributed by atoms with van der Waals surface area (Å²) in [5, 5.41) is 12.8. The number of aliphatic hydroxyl groups excluding tert-OH is 1. The van der Waals surface area contributed by atoms with Crippen LogP contribution in [0.3, 0.4) is 0 Å². The maximum Gasteiger partial charge on any atom is 0.161 e. The summed E-state index contributed by atoms with van der Waals surface area (Å²) in [5.41, 5.74) is 0. The standard InChI is InChI=1S/C13H21NO4/c1-16-8-7-14-9-11(15)10-18-13-6-4-3-5-12(13)17-2/h3-6,11,14-15H,7-10H2,1-2H3. The van der Waals surface area contributed by atoms with Crippen molar-refractivity contribution < 1.29 is 19.3 Å². The Bertz CT molecular complexity index is 333. The summed E-state index contributed by atoms with van der Waals surface area (Å²) in [5.74, 6) is 1.30. The van der Waals surface area contributed by atoms with E-state index in [1.165, 1.54) is 0 Å². The molecule has 1 unspecified atom stereocenters. The molecule has 0 spiro atoms. The number of ether oxygens (including phenoxy) is 3. The van der Waals surface area contributed by atoms with E-state index in [-0.39, 0.29) is 6.61 Å². The molecular weight excluding hydrogens is 234 g/mol. The largest absolute Gasteiger partial charge is 0.493 e. The zero-order valence-electron chi connectivity index (χ0n) is 10.9. The van der Waals surface area contributed by atoms with E-state index >= 15 is 0 Å². The number of para-hydroxylation sites is 2. The van der Waals surface area contributed by atoms with Crippen LogP contribution in [0.5, 0.6) is 11.5 Å². The summed E-state index contributed by atoms with van der Waals surface area (Å²) in [4.78, 5) is 0. The monoisotopic (exact) mass is 255 g/mol. The molecule has 1 aromatic rings. The molecule has 0 radical (unpaired) electrons. The highest BCUT2D eigenvalue weighted by molar-refractivity contribution is 5.39. The average Bonchev–Trinajstić information content (AvgIpc) is 2.41. The predicted octanol–water partition coefficient (Wildman–Crippen LogP) is 0.671. The van der Waals surface area contributed by atoms with E-state index in [1.54, 1.807) is 14.2 Å². The minimum absolute atomic E-state index is 0.223. The number of nitrogens with one attached hydrogen (secondary N) is 1. The second-order valence-electron chi connectivity index (χ2n) is 3.81. The summed E-state index contributed by atoms with van der Waals surface area (Å²) in [6, 6.07) is 7.36. The number of benzene rings is 1. The number of hydrogen-bond donors (Lipinski definition) is 2. The van der Waals surface area contributed by atoms with Gasteiger partial charge in [0.1, 0.15) is 12.7 Å². The second kappa shape index (κ2) is 8.74. The highest BCUT2D eigenvalue weighted by Gasteiger charge is 2.07. The van der Waals surface area contributed by atoms with Crippen molar-refractivity contribution in [2.45, 2.75) is 6.10 Å². The molecule has 0 aliphatic rings. The van der Waals surface area contributed by atoms with E-state index in [1.807, 2.05) is 24.3 Å². The molecule has 18 heavy (non-hydrogen) atoms. The smallest absolute Gasteiger partial charge is 0.161 e. The van der Waals surface area contributed by atoms with Crippen LogP contribution in [-0.4, -0.2) is 51.7 Å². The van der Waals surface area contributed by atoms with Gasteiger partial charge in [-0.15, -0.1) is 0 Å². The molecule has 1 aromatic carbocycles. The van der Waals surface area contributed by atoms with Crippen LogP contribution >= 0.6 is 0 Å². The molecule has 0 aromatic heterocycles. The van der Waals surface area contributed by atoms with E-state index in [2.05, 4.69) is 5.32 Å². The first-order chi connectivity index (χ1) is 8.77. The summed E-state index contributed by atoms with van der Waals surface area (Å²) in [7, 11) is 3.23. The van der Waals surface area contributed by atoms with Crippen LogP contribution < -0.4 is 14.8 Å². The van der Waals surface area contributed by atoms with Crippen LogP contribution in [0.25, 0.3) is 0 Å². The zero-order chi connectivity index (χ0) is 13.2. The Kier molecular flexibility index (Phi) is 7.17. The van der Waals surface area contributed by atoms with Gasteiger partial charge in [0.05, 0.1) is 13.7 Å². The molecule has 2 N–H and O–H groups in total. The average molecular weight is 255 g/mol. The zero-order valence-corrected chi connectivity index (χ0v) is 10.9. The van der Waals surface area contributed by atoms with Crippen LogP contribution in [0.4, 0.5) is 0 Å². The fraction of sp³-hybridized carbons (Fsp3) is 0.538. The SMILES string of the molecule is COCCNCC(O)COc1ccccc1OC. The number of methoxy groups -OCH3 is 2. The highest BCUT2D eigenvalue weighted by atomic mass is 16.5. The first-order valence-corrected chi connectivity index (χ1v) is 5.91. The Morgan fingerprint density at radius 2 is 1.94 bits per heavy atom. The van der Waals surface area contributed by atoms with E-state index in [9.17, 15) is 5.11 Å². The lowest BCUT2D eigenvalue weighted by atomic mass is 10.3. The molecule has 0 saturated carbocycles. The van der Waals surface area contributed by atoms with Crippen LogP contribution in [-0.2, 0) is 4.74 Å². The third kappa shape index (κ3) is 5.35. The van der Waals surface area contributed by atoms with Gasteiger partial charge in [-0.1, -0.05) is 12.1 Å². The Balaban J connectivity index is 2.26. The van der Waals surface area contributed by atoms with E-state index in [0.717, 1.165) is 0 Å². The number of aliphatic hydroxyl groups is 1. The summed E-state index contributed by atoms with van der Waals surface area (Å²) < 4.78 is 15.5. The van der Waals surface area contributed by atoms with Crippen molar-refractivity contribution in [3.63, 3.8) is 0 Å². The van der Waals surface area contributed by atoms with Crippen molar-refractivity contribution in [2.75, 3.05) is 40.5 Å². The first kappa shape index (κ1) is 14.8. The molecular formula is C13H21NO4. The minimum atomic E-state index is -0.563. The molecule has 0 fully saturated rings. The number of rotatable bonds is 9. The molecule has 5 nitrogen and oxygen atoms in total. The molecule has 5 heteroatoms. The van der Waals surface area contributed by atoms with Gasteiger partial charge in [-0.2, -0.15) is 0 Å². The van der Waals surface area contributed by atoms with Crippen molar-refractivity contribution in [3.8, 4) is 11.5 Å². The third-order valence-electron chi connectivity index (χ3n) is 2.36. The van der Waals surface area contributed by atoms with Crippen LogP contribution in [0, 0.1) is 0 Å². The lowest BCUT2D eigenvalue weighted by Crippen LogP contribution is -2.33. The fourth-order valence-electron chi connectivity index (χ4n) is 1.43. The second-order valence-corrected chi connectivity index (χ2v) is 3.81. The third-order valence-corrected chi connectivity index (χ3v) is 2.36. The van der Waals surface area contributed by atoms with Crippen LogP contribution in [0.15, 0.2) is 24.3 Å². The van der Waals surface area contributed by atoms with Gasteiger partial charge >= 0.3 is 0 Å². The maximum atomic E-state index is 9.70.